The third-order valence-electron chi connectivity index (χ3n) is 7.12. The second-order valence-corrected chi connectivity index (χ2v) is 9.61. The fraction of sp³-hybridized carbons (Fsp3) is 0.357. The molecule has 0 saturated heterocycles. The van der Waals surface area contributed by atoms with Gasteiger partial charge in [0, 0.05) is 28.8 Å². The molecule has 1 fully saturated rings. The maximum Gasteiger partial charge on any atom is 0.252 e. The molecule has 1 saturated carbocycles. The number of benzene rings is 2. The quantitative estimate of drug-likeness (QED) is 0.299. The smallest absolute Gasteiger partial charge is 0.252 e. The van der Waals surface area contributed by atoms with Crippen LogP contribution >= 0.6 is 0 Å². The second kappa shape index (κ2) is 9.77. The van der Waals surface area contributed by atoms with Crippen molar-refractivity contribution < 1.29 is 10.2 Å². The Morgan fingerprint density at radius 2 is 1.94 bits per heavy atom. The predicted octanol–water partition coefficient (Wildman–Crippen LogP) is 4.40. The van der Waals surface area contributed by atoms with E-state index in [0.29, 0.717) is 11.6 Å². The highest BCUT2D eigenvalue weighted by atomic mass is 16.3. The third kappa shape index (κ3) is 4.67. The summed E-state index contributed by atoms with van der Waals surface area (Å²) in [5.41, 5.74) is 6.64. The first-order chi connectivity index (χ1) is 16.9. The van der Waals surface area contributed by atoms with Gasteiger partial charge < -0.3 is 15.2 Å². The number of H-pyrrole nitrogens is 1. The summed E-state index contributed by atoms with van der Waals surface area (Å²) in [4.78, 5) is 15.3. The molecule has 1 atom stereocenters. The maximum absolute atomic E-state index is 12.5. The van der Waals surface area contributed by atoms with E-state index >= 15 is 0 Å². The number of nitrogens with one attached hydrogen (secondary N) is 2. The number of aromatic amines is 1. The van der Waals surface area contributed by atoms with Crippen LogP contribution in [-0.2, 0) is 13.2 Å². The van der Waals surface area contributed by atoms with E-state index in [4.69, 9.17) is 5.10 Å². The van der Waals surface area contributed by atoms with Crippen LogP contribution in [0.3, 0.4) is 0 Å². The number of aliphatic hydroxyl groups excluding tert-OH is 2. The number of rotatable bonds is 7. The number of fused-ring (bicyclic) bond motifs is 1. The summed E-state index contributed by atoms with van der Waals surface area (Å²) >= 11 is 0. The SMILES string of the molecule is Cc1cc(C)c(CNC(O)c2cc(-c3cccc(CO)c3)cc3c2cnn3C2CCCC2)c(=O)[nH]1. The van der Waals surface area contributed by atoms with Crippen molar-refractivity contribution in [3.05, 3.63) is 87.0 Å². The number of hydrogen-bond acceptors (Lipinski definition) is 5. The molecule has 1 aliphatic rings. The fourth-order valence-electron chi connectivity index (χ4n) is 5.26. The molecule has 7 nitrogen and oxygen atoms in total. The first kappa shape index (κ1) is 23.5. The van der Waals surface area contributed by atoms with Crippen LogP contribution in [0.1, 0.15) is 65.9 Å². The van der Waals surface area contributed by atoms with Gasteiger partial charge in [-0.1, -0.05) is 31.0 Å². The summed E-state index contributed by atoms with van der Waals surface area (Å²) in [6, 6.07) is 14.2. The molecule has 0 bridgehead atoms. The van der Waals surface area contributed by atoms with Gasteiger partial charge in [-0.2, -0.15) is 5.10 Å². The molecule has 4 N–H and O–H groups in total. The monoisotopic (exact) mass is 472 g/mol. The van der Waals surface area contributed by atoms with Crippen molar-refractivity contribution in [1.82, 2.24) is 20.1 Å². The Bertz CT molecular complexity index is 1420. The van der Waals surface area contributed by atoms with Crippen molar-refractivity contribution in [2.75, 3.05) is 0 Å². The Morgan fingerprint density at radius 1 is 1.14 bits per heavy atom. The molecule has 7 heteroatoms. The van der Waals surface area contributed by atoms with Gasteiger partial charge in [-0.3, -0.25) is 14.8 Å². The van der Waals surface area contributed by atoms with Crippen LogP contribution in [-0.4, -0.2) is 25.0 Å². The minimum Gasteiger partial charge on any atom is -0.392 e. The normalized spacial score (nSPS) is 15.2. The van der Waals surface area contributed by atoms with Crippen molar-refractivity contribution in [1.29, 1.82) is 0 Å². The average Bonchev–Trinajstić information content (AvgIpc) is 3.52. The molecule has 5 rings (SSSR count). The van der Waals surface area contributed by atoms with Gasteiger partial charge in [0.1, 0.15) is 6.23 Å². The highest BCUT2D eigenvalue weighted by Gasteiger charge is 2.23. The van der Waals surface area contributed by atoms with E-state index in [1.807, 2.05) is 56.4 Å². The fourth-order valence-corrected chi connectivity index (χ4v) is 5.26. The van der Waals surface area contributed by atoms with E-state index in [1.54, 1.807) is 0 Å². The summed E-state index contributed by atoms with van der Waals surface area (Å²) in [5.74, 6) is 0. The number of hydrogen-bond donors (Lipinski definition) is 4. The number of pyridine rings is 1. The van der Waals surface area contributed by atoms with Crippen molar-refractivity contribution in [3.63, 3.8) is 0 Å². The molecule has 1 unspecified atom stereocenters. The van der Waals surface area contributed by atoms with Crippen LogP contribution < -0.4 is 10.9 Å². The summed E-state index contributed by atoms with van der Waals surface area (Å²) in [6.07, 6.45) is 5.46. The Hall–Kier alpha value is -3.26. The largest absolute Gasteiger partial charge is 0.392 e. The molecule has 4 aromatic rings. The standard InChI is InChI=1S/C28H32N4O3/c1-17-10-18(2)31-28(35)24(17)14-29-27(34)23-12-21(20-7-5-6-19(11-20)16-33)13-26-25(23)15-30-32(26)22-8-3-4-9-22/h5-7,10-13,15,22,27,29,33-34H,3-4,8-9,14,16H2,1-2H3,(H,31,35). The summed E-state index contributed by atoms with van der Waals surface area (Å²) in [7, 11) is 0. The van der Waals surface area contributed by atoms with E-state index in [0.717, 1.165) is 57.3 Å². The van der Waals surface area contributed by atoms with Gasteiger partial charge in [-0.05, 0) is 73.2 Å². The number of aromatic nitrogens is 3. The molecule has 35 heavy (non-hydrogen) atoms. The Balaban J connectivity index is 1.56. The molecule has 0 amide bonds. The molecule has 0 radical (unpaired) electrons. The van der Waals surface area contributed by atoms with Gasteiger partial charge in [0.05, 0.1) is 24.4 Å². The van der Waals surface area contributed by atoms with Crippen LogP contribution in [0.4, 0.5) is 0 Å². The molecule has 2 aromatic heterocycles. The van der Waals surface area contributed by atoms with Crippen LogP contribution in [0.15, 0.2) is 53.5 Å². The van der Waals surface area contributed by atoms with Gasteiger partial charge >= 0.3 is 0 Å². The van der Waals surface area contributed by atoms with Crippen LogP contribution in [0.5, 0.6) is 0 Å². The Labute approximate surface area is 204 Å². The van der Waals surface area contributed by atoms with Gasteiger partial charge in [0.2, 0.25) is 0 Å². The highest BCUT2D eigenvalue weighted by molar-refractivity contribution is 5.88. The van der Waals surface area contributed by atoms with Gasteiger partial charge in [-0.25, -0.2) is 0 Å². The topological polar surface area (TPSA) is 103 Å². The zero-order valence-corrected chi connectivity index (χ0v) is 20.2. The first-order valence-electron chi connectivity index (χ1n) is 12.3. The van der Waals surface area contributed by atoms with Crippen molar-refractivity contribution in [2.45, 2.75) is 65.0 Å². The Kier molecular flexibility index (Phi) is 6.56. The number of aliphatic hydroxyl groups is 2. The third-order valence-corrected chi connectivity index (χ3v) is 7.12. The lowest BCUT2D eigenvalue weighted by molar-refractivity contribution is 0.138. The zero-order chi connectivity index (χ0) is 24.5. The minimum absolute atomic E-state index is 0.0302. The first-order valence-corrected chi connectivity index (χ1v) is 12.3. The highest BCUT2D eigenvalue weighted by Crippen LogP contribution is 2.36. The van der Waals surface area contributed by atoms with E-state index in [2.05, 4.69) is 21.0 Å². The molecule has 1 aliphatic carbocycles. The maximum atomic E-state index is 12.5. The molecular weight excluding hydrogens is 440 g/mol. The summed E-state index contributed by atoms with van der Waals surface area (Å²) in [5, 5.41) is 29.7. The lowest BCUT2D eigenvalue weighted by atomic mass is 9.97. The molecule has 0 spiro atoms. The number of nitrogens with zero attached hydrogens (tertiary/aromatic N) is 2. The van der Waals surface area contributed by atoms with Crippen LogP contribution in [0.2, 0.25) is 0 Å². The molecule has 0 aliphatic heterocycles. The van der Waals surface area contributed by atoms with Gasteiger partial charge in [-0.15, -0.1) is 0 Å². The zero-order valence-electron chi connectivity index (χ0n) is 20.2. The van der Waals surface area contributed by atoms with E-state index in [-0.39, 0.29) is 18.7 Å². The molecule has 182 valence electrons. The summed E-state index contributed by atoms with van der Waals surface area (Å²) < 4.78 is 2.10. The lowest BCUT2D eigenvalue weighted by Crippen LogP contribution is -2.26. The minimum atomic E-state index is -0.986. The second-order valence-electron chi connectivity index (χ2n) is 9.61. The van der Waals surface area contributed by atoms with Gasteiger partial charge in [0.25, 0.3) is 5.56 Å². The van der Waals surface area contributed by atoms with Crippen LogP contribution in [0, 0.1) is 13.8 Å². The van der Waals surface area contributed by atoms with Crippen molar-refractivity contribution in [3.8, 4) is 11.1 Å². The molecule has 2 aromatic carbocycles. The lowest BCUT2D eigenvalue weighted by Gasteiger charge is -2.18. The van der Waals surface area contributed by atoms with Crippen molar-refractivity contribution in [2.24, 2.45) is 0 Å². The van der Waals surface area contributed by atoms with E-state index in [1.165, 1.54) is 12.8 Å². The number of aryl methyl sites for hydroxylation is 2. The van der Waals surface area contributed by atoms with Crippen molar-refractivity contribution >= 4 is 10.9 Å². The van der Waals surface area contributed by atoms with E-state index in [9.17, 15) is 15.0 Å². The van der Waals surface area contributed by atoms with Crippen LogP contribution in [0.25, 0.3) is 22.0 Å². The van der Waals surface area contributed by atoms with E-state index < -0.39 is 6.23 Å². The Morgan fingerprint density at radius 3 is 2.69 bits per heavy atom. The summed E-state index contributed by atoms with van der Waals surface area (Å²) in [6.45, 7) is 3.98. The predicted molar refractivity (Wildman–Crippen MR) is 137 cm³/mol. The van der Waals surface area contributed by atoms with Gasteiger partial charge in [0.15, 0.2) is 0 Å². The average molecular weight is 473 g/mol. The molecule has 2 heterocycles. The molecular formula is C28H32N4O3.